The van der Waals surface area contributed by atoms with Crippen molar-refractivity contribution >= 4 is 5.97 Å². The van der Waals surface area contributed by atoms with Gasteiger partial charge in [-0.2, -0.15) is 13.2 Å². The summed E-state index contributed by atoms with van der Waals surface area (Å²) in [6.07, 6.45) is -2.82. The van der Waals surface area contributed by atoms with Crippen LogP contribution in [0.1, 0.15) is 56.2 Å². The number of carbonyl (C=O) groups excluding carboxylic acids is 1. The van der Waals surface area contributed by atoms with Crippen molar-refractivity contribution in [2.24, 2.45) is 0 Å². The Bertz CT molecular complexity index is 1120. The Morgan fingerprint density at radius 2 is 1.69 bits per heavy atom. The van der Waals surface area contributed by atoms with Crippen molar-refractivity contribution in [1.29, 1.82) is 0 Å². The molecule has 1 heterocycles. The van der Waals surface area contributed by atoms with E-state index in [-0.39, 0.29) is 17.8 Å². The first-order valence-electron chi connectivity index (χ1n) is 10.3. The quantitative estimate of drug-likeness (QED) is 0.471. The van der Waals surface area contributed by atoms with Crippen molar-refractivity contribution in [1.82, 2.24) is 10.2 Å². The number of nitrogens with zero attached hydrogens (tertiary/aromatic N) is 2. The molecule has 0 amide bonds. The van der Waals surface area contributed by atoms with Gasteiger partial charge < -0.3 is 9.15 Å². The summed E-state index contributed by atoms with van der Waals surface area (Å²) >= 11 is 0. The zero-order chi connectivity index (χ0) is 23.1. The second-order valence-electron chi connectivity index (χ2n) is 9.02. The molecule has 0 unspecified atom stereocenters. The molecule has 0 atom stereocenters. The molecule has 32 heavy (non-hydrogen) atoms. The molecule has 0 radical (unpaired) electrons. The van der Waals surface area contributed by atoms with Crippen LogP contribution in [-0.2, 0) is 27.5 Å². The maximum atomic E-state index is 12.8. The third-order valence-electron chi connectivity index (χ3n) is 5.30. The molecule has 1 aliphatic carbocycles. The van der Waals surface area contributed by atoms with Crippen molar-refractivity contribution in [3.63, 3.8) is 0 Å². The van der Waals surface area contributed by atoms with Crippen LogP contribution < -0.4 is 0 Å². The second kappa shape index (κ2) is 7.76. The maximum Gasteiger partial charge on any atom is 0.416 e. The lowest BCUT2D eigenvalue weighted by atomic mass is 9.99. The topological polar surface area (TPSA) is 65.2 Å². The fraction of sp³-hybridized carbons (Fsp3) is 0.375. The Hall–Kier alpha value is -3.16. The summed E-state index contributed by atoms with van der Waals surface area (Å²) < 4.78 is 49.9. The molecule has 0 bridgehead atoms. The number of carbonyl (C=O) groups is 1. The fourth-order valence-corrected chi connectivity index (χ4v) is 3.45. The highest BCUT2D eigenvalue weighted by molar-refractivity contribution is 5.85. The zero-order valence-corrected chi connectivity index (χ0v) is 18.0. The van der Waals surface area contributed by atoms with Gasteiger partial charge in [0.05, 0.1) is 5.56 Å². The number of rotatable bonds is 5. The number of hydrogen-bond donors (Lipinski definition) is 0. The first-order valence-corrected chi connectivity index (χ1v) is 10.3. The molecule has 1 aliphatic rings. The third-order valence-corrected chi connectivity index (χ3v) is 5.30. The van der Waals surface area contributed by atoms with Gasteiger partial charge >= 0.3 is 12.1 Å². The van der Waals surface area contributed by atoms with Crippen molar-refractivity contribution in [2.75, 3.05) is 0 Å². The van der Waals surface area contributed by atoms with Gasteiger partial charge in [0, 0.05) is 5.56 Å². The first-order chi connectivity index (χ1) is 15.0. The highest BCUT2D eigenvalue weighted by atomic mass is 19.4. The molecule has 0 spiro atoms. The van der Waals surface area contributed by atoms with Crippen LogP contribution in [-0.4, -0.2) is 21.8 Å². The molecule has 4 rings (SSSR count). The minimum atomic E-state index is -4.37. The van der Waals surface area contributed by atoms with Crippen LogP contribution in [0.15, 0.2) is 52.9 Å². The third kappa shape index (κ3) is 4.54. The molecular weight excluding hydrogens is 421 g/mol. The van der Waals surface area contributed by atoms with Crippen molar-refractivity contribution in [3.8, 4) is 11.5 Å². The van der Waals surface area contributed by atoms with Crippen molar-refractivity contribution < 1.29 is 27.1 Å². The standard InChI is InChI=1S/C24H23F3N2O3/c1-22(2,3)32-21(30)23(12-13-23)20-29-28-19(31-20)18-7-5-4-6-16(18)14-15-8-10-17(11-9-15)24(25,26)27/h4-11H,12-14H2,1-3H3. The van der Waals surface area contributed by atoms with Gasteiger partial charge in [-0.25, -0.2) is 0 Å². The van der Waals surface area contributed by atoms with Gasteiger partial charge in [-0.3, -0.25) is 4.79 Å². The van der Waals surface area contributed by atoms with E-state index in [4.69, 9.17) is 9.15 Å². The zero-order valence-electron chi connectivity index (χ0n) is 18.0. The van der Waals surface area contributed by atoms with Crippen LogP contribution in [0.25, 0.3) is 11.5 Å². The normalized spacial score (nSPS) is 15.4. The van der Waals surface area contributed by atoms with Gasteiger partial charge in [-0.15, -0.1) is 10.2 Å². The first kappa shape index (κ1) is 22.0. The summed E-state index contributed by atoms with van der Waals surface area (Å²) in [5, 5.41) is 8.27. The van der Waals surface area contributed by atoms with Gasteiger partial charge in [-0.1, -0.05) is 30.3 Å². The van der Waals surface area contributed by atoms with Crippen molar-refractivity contribution in [2.45, 2.75) is 57.2 Å². The molecule has 1 saturated carbocycles. The average Bonchev–Trinajstić information content (AvgIpc) is 3.38. The Kier molecular flexibility index (Phi) is 5.35. The SMILES string of the molecule is CC(C)(C)OC(=O)C1(c2nnc(-c3ccccc3Cc3ccc(C(F)(F)F)cc3)o2)CC1. The lowest BCUT2D eigenvalue weighted by Gasteiger charge is -2.22. The van der Waals surface area contributed by atoms with E-state index in [1.165, 1.54) is 12.1 Å². The Morgan fingerprint density at radius 1 is 1.03 bits per heavy atom. The maximum absolute atomic E-state index is 12.8. The summed E-state index contributed by atoms with van der Waals surface area (Å²) in [5.74, 6) is 0.113. The van der Waals surface area contributed by atoms with Gasteiger partial charge in [0.15, 0.2) is 0 Å². The van der Waals surface area contributed by atoms with E-state index in [0.29, 0.717) is 24.8 Å². The minimum absolute atomic E-state index is 0.228. The van der Waals surface area contributed by atoms with Crippen LogP contribution >= 0.6 is 0 Å². The predicted octanol–water partition coefficient (Wildman–Crippen LogP) is 5.72. The molecular formula is C24H23F3N2O3. The number of alkyl halides is 3. The molecule has 2 aromatic carbocycles. The monoisotopic (exact) mass is 444 g/mol. The summed E-state index contributed by atoms with van der Waals surface area (Å²) in [6, 6.07) is 12.4. The highest BCUT2D eigenvalue weighted by Gasteiger charge is 2.58. The molecule has 0 saturated heterocycles. The number of benzene rings is 2. The van der Waals surface area contributed by atoms with E-state index in [0.717, 1.165) is 23.3 Å². The van der Waals surface area contributed by atoms with Gasteiger partial charge in [0.2, 0.25) is 11.8 Å². The molecule has 5 nitrogen and oxygen atoms in total. The molecule has 1 fully saturated rings. The molecule has 0 aliphatic heterocycles. The molecule has 1 aromatic heterocycles. The molecule has 3 aromatic rings. The predicted molar refractivity (Wildman–Crippen MR) is 111 cm³/mol. The summed E-state index contributed by atoms with van der Waals surface area (Å²) in [4.78, 5) is 12.7. The molecule has 0 N–H and O–H groups in total. The molecule has 168 valence electrons. The molecule has 8 heteroatoms. The van der Waals surface area contributed by atoms with Gasteiger partial charge in [0.25, 0.3) is 0 Å². The van der Waals surface area contributed by atoms with Gasteiger partial charge in [-0.05, 0) is 69.4 Å². The van der Waals surface area contributed by atoms with Gasteiger partial charge in [0.1, 0.15) is 11.0 Å². The average molecular weight is 444 g/mol. The Morgan fingerprint density at radius 3 is 2.28 bits per heavy atom. The number of esters is 1. The van der Waals surface area contributed by atoms with Crippen LogP contribution in [0, 0.1) is 0 Å². The van der Waals surface area contributed by atoms with E-state index in [1.807, 2.05) is 24.3 Å². The van der Waals surface area contributed by atoms with Crippen LogP contribution in [0.2, 0.25) is 0 Å². The second-order valence-corrected chi connectivity index (χ2v) is 9.02. The van der Waals surface area contributed by atoms with E-state index >= 15 is 0 Å². The van der Waals surface area contributed by atoms with E-state index in [1.54, 1.807) is 20.8 Å². The van der Waals surface area contributed by atoms with Crippen LogP contribution in [0.3, 0.4) is 0 Å². The van der Waals surface area contributed by atoms with Crippen LogP contribution in [0.5, 0.6) is 0 Å². The fourth-order valence-electron chi connectivity index (χ4n) is 3.45. The van der Waals surface area contributed by atoms with E-state index in [9.17, 15) is 18.0 Å². The number of aromatic nitrogens is 2. The Labute approximate surface area is 183 Å². The summed E-state index contributed by atoms with van der Waals surface area (Å²) in [6.45, 7) is 5.41. The lowest BCUT2D eigenvalue weighted by molar-refractivity contribution is -0.158. The number of ether oxygens (including phenoxy) is 1. The largest absolute Gasteiger partial charge is 0.459 e. The summed E-state index contributed by atoms with van der Waals surface area (Å²) in [5.41, 5.74) is 0.00583. The number of halogens is 3. The lowest BCUT2D eigenvalue weighted by Crippen LogP contribution is -2.32. The van der Waals surface area contributed by atoms with Crippen molar-refractivity contribution in [3.05, 3.63) is 71.1 Å². The Balaban J connectivity index is 1.58. The van der Waals surface area contributed by atoms with E-state index in [2.05, 4.69) is 10.2 Å². The smallest absolute Gasteiger partial charge is 0.416 e. The van der Waals surface area contributed by atoms with E-state index < -0.39 is 22.8 Å². The summed E-state index contributed by atoms with van der Waals surface area (Å²) in [7, 11) is 0. The van der Waals surface area contributed by atoms with Crippen LogP contribution in [0.4, 0.5) is 13.2 Å². The number of hydrogen-bond acceptors (Lipinski definition) is 5. The minimum Gasteiger partial charge on any atom is -0.459 e. The highest BCUT2D eigenvalue weighted by Crippen LogP contribution is 2.49.